The SMILES string of the molecule is CC(=O)N[C@H]1[C@H](OC[C@H]2OC(O)[C@H](NC(C)=O)[C@@H](O[C@@H]3O[C@H](CO)[C@H](O)[C@H](O[C@H]4O[C@H](CO)[C@H](O)[C@H](O)[C@H]4O)[C@H]3O[C@@H]3O[C@@H](C)[C@@H](O)[C@@H](O)[C@@H]3O)[C@H]2O)O[C@H](COS(=O)(=O)O)[C@@H](O)[C@@H]1O. The van der Waals surface area contributed by atoms with Gasteiger partial charge in [0.2, 0.25) is 11.8 Å². The lowest BCUT2D eigenvalue weighted by molar-refractivity contribution is -0.401. The van der Waals surface area contributed by atoms with Gasteiger partial charge in [-0.25, -0.2) is 4.18 Å². The normalized spacial score (nSPS) is 47.5. The van der Waals surface area contributed by atoms with Gasteiger partial charge in [-0.15, -0.1) is 0 Å². The molecule has 0 bridgehead atoms. The number of rotatable bonds is 16. The fourth-order valence-corrected chi connectivity index (χ4v) is 8.09. The summed E-state index contributed by atoms with van der Waals surface area (Å²) in [5, 5.41) is 144. The van der Waals surface area contributed by atoms with Gasteiger partial charge in [0, 0.05) is 13.8 Å². The third-order valence-corrected chi connectivity index (χ3v) is 11.7. The minimum absolute atomic E-state index is 0.780. The van der Waals surface area contributed by atoms with Crippen LogP contribution in [0.3, 0.4) is 0 Å². The topological polar surface area (TPSA) is 468 Å². The summed E-state index contributed by atoms with van der Waals surface area (Å²) in [5.41, 5.74) is 0. The van der Waals surface area contributed by atoms with E-state index in [9.17, 15) is 84.4 Å². The fourth-order valence-electron chi connectivity index (χ4n) is 7.79. The van der Waals surface area contributed by atoms with Crippen molar-refractivity contribution in [3.63, 3.8) is 0 Å². The quantitative estimate of drug-likeness (QED) is 0.0639. The molecule has 0 aliphatic carbocycles. The lowest BCUT2D eigenvalue weighted by atomic mass is 9.94. The van der Waals surface area contributed by atoms with Gasteiger partial charge in [-0.3, -0.25) is 14.1 Å². The van der Waals surface area contributed by atoms with Crippen molar-refractivity contribution in [1.82, 2.24) is 10.6 Å². The first-order valence-electron chi connectivity index (χ1n) is 20.1. The van der Waals surface area contributed by atoms with Gasteiger partial charge in [0.05, 0.1) is 32.5 Å². The smallest absolute Gasteiger partial charge is 0.394 e. The molecule has 5 fully saturated rings. The molecule has 65 heavy (non-hydrogen) atoms. The summed E-state index contributed by atoms with van der Waals surface area (Å²) in [6.07, 6.45) is -43.7. The Balaban J connectivity index is 1.48. The summed E-state index contributed by atoms with van der Waals surface area (Å²) in [7, 11) is -5.09. The van der Waals surface area contributed by atoms with Crippen LogP contribution in [-0.4, -0.2) is 271 Å². The van der Waals surface area contributed by atoms with Gasteiger partial charge in [0.25, 0.3) is 0 Å². The van der Waals surface area contributed by atoms with E-state index >= 15 is 0 Å². The largest absolute Gasteiger partial charge is 0.397 e. The lowest BCUT2D eigenvalue weighted by Crippen LogP contribution is -2.70. The fraction of sp³-hybridized carbons (Fsp3) is 0.941. The summed E-state index contributed by atoms with van der Waals surface area (Å²) >= 11 is 0. The Labute approximate surface area is 368 Å². The summed E-state index contributed by atoms with van der Waals surface area (Å²) in [4.78, 5) is 24.5. The lowest BCUT2D eigenvalue weighted by Gasteiger charge is -2.51. The molecule has 25 atom stereocenters. The molecule has 378 valence electrons. The minimum atomic E-state index is -5.09. The number of carbonyl (C=O) groups is 2. The van der Waals surface area contributed by atoms with Crippen molar-refractivity contribution in [1.29, 1.82) is 0 Å². The van der Waals surface area contributed by atoms with Crippen molar-refractivity contribution in [3.8, 4) is 0 Å². The van der Waals surface area contributed by atoms with E-state index < -0.39 is 202 Å². The molecule has 1 unspecified atom stereocenters. The molecule has 0 saturated carbocycles. The molecule has 16 N–H and O–H groups in total. The molecule has 0 spiro atoms. The highest BCUT2D eigenvalue weighted by Crippen LogP contribution is 2.36. The van der Waals surface area contributed by atoms with Gasteiger partial charge < -0.3 is 120 Å². The van der Waals surface area contributed by atoms with Gasteiger partial charge in [-0.1, -0.05) is 0 Å². The first kappa shape index (κ1) is 53.9. The van der Waals surface area contributed by atoms with E-state index in [1.54, 1.807) is 0 Å². The maximum absolute atomic E-state index is 12.4. The van der Waals surface area contributed by atoms with E-state index in [0.717, 1.165) is 13.8 Å². The van der Waals surface area contributed by atoms with Crippen LogP contribution in [-0.2, 0) is 66.8 Å². The average molecular weight is 975 g/mol. The molecule has 0 aromatic heterocycles. The average Bonchev–Trinajstić information content (AvgIpc) is 3.23. The van der Waals surface area contributed by atoms with Crippen LogP contribution < -0.4 is 10.6 Å². The number of aliphatic hydroxyl groups is 13. The van der Waals surface area contributed by atoms with Crippen LogP contribution in [0.2, 0.25) is 0 Å². The van der Waals surface area contributed by atoms with Crippen molar-refractivity contribution in [2.45, 2.75) is 174 Å². The Kier molecular flexibility index (Phi) is 18.7. The van der Waals surface area contributed by atoms with Gasteiger partial charge >= 0.3 is 10.4 Å². The third-order valence-electron chi connectivity index (χ3n) is 11.3. The Morgan fingerprint density at radius 1 is 0.508 bits per heavy atom. The Morgan fingerprint density at radius 2 is 0.969 bits per heavy atom. The van der Waals surface area contributed by atoms with Crippen molar-refractivity contribution in [3.05, 3.63) is 0 Å². The van der Waals surface area contributed by atoms with Gasteiger partial charge in [-0.05, 0) is 6.92 Å². The number of nitrogens with one attached hydrogen (secondary N) is 2. The standard InChI is InChI=1S/C34H58N2O28S/c1-8-17(41)23(47)25(49)32(57-8)64-29-28(63-33-26(50)24(48)18(42)11(4-37)59-33)20(44)12(5-38)60-34(29)62-27-16(36-10(3)40)30(51)58-13(21(27)45)6-55-31-15(35-9(2)39)22(46)19(43)14(61-31)7-56-65(52,53)54/h8,11-34,37-38,41-51H,4-7H2,1-3H3,(H,35,39)(H,36,40)(H,52,53,54)/t8-,11+,12+,13+,14+,15+,16+,17+,18-,19+,20-,21-,22+,23+,24-,25-,26+,27+,28-,29+,30?,31+,32-,33+,34-/m0/s1. The minimum Gasteiger partial charge on any atom is -0.394 e. The molecule has 0 aromatic carbocycles. The second-order valence-electron chi connectivity index (χ2n) is 16.0. The van der Waals surface area contributed by atoms with Crippen LogP contribution >= 0.6 is 0 Å². The maximum Gasteiger partial charge on any atom is 0.397 e. The zero-order valence-corrected chi connectivity index (χ0v) is 35.5. The van der Waals surface area contributed by atoms with E-state index in [4.69, 9.17) is 47.2 Å². The number of hydrogen-bond acceptors (Lipinski definition) is 27. The van der Waals surface area contributed by atoms with E-state index in [2.05, 4.69) is 14.8 Å². The van der Waals surface area contributed by atoms with E-state index in [-0.39, 0.29) is 0 Å². The summed E-state index contributed by atoms with van der Waals surface area (Å²) < 4.78 is 87.4. The number of amides is 2. The highest BCUT2D eigenvalue weighted by Gasteiger charge is 2.57. The van der Waals surface area contributed by atoms with E-state index in [1.807, 2.05) is 0 Å². The van der Waals surface area contributed by atoms with Gasteiger partial charge in [0.15, 0.2) is 31.5 Å². The molecule has 5 saturated heterocycles. The van der Waals surface area contributed by atoms with E-state index in [0.29, 0.717) is 0 Å². The molecular weight excluding hydrogens is 916 g/mol. The zero-order valence-electron chi connectivity index (χ0n) is 34.6. The number of ether oxygens (including phenoxy) is 9. The molecule has 5 aliphatic heterocycles. The number of hydrogen-bond donors (Lipinski definition) is 16. The van der Waals surface area contributed by atoms with Crippen LogP contribution in [0.4, 0.5) is 0 Å². The van der Waals surface area contributed by atoms with Crippen LogP contribution in [0, 0.1) is 0 Å². The molecule has 0 radical (unpaired) electrons. The van der Waals surface area contributed by atoms with Crippen LogP contribution in [0.25, 0.3) is 0 Å². The maximum atomic E-state index is 12.4. The number of carbonyl (C=O) groups excluding carboxylic acids is 2. The predicted octanol–water partition coefficient (Wildman–Crippen LogP) is -10.8. The second kappa shape index (κ2) is 22.6. The summed E-state index contributed by atoms with van der Waals surface area (Å²) in [6.45, 7) is -0.599. The van der Waals surface area contributed by atoms with Crippen molar-refractivity contribution in [2.24, 2.45) is 0 Å². The molecule has 5 rings (SSSR count). The van der Waals surface area contributed by atoms with Crippen molar-refractivity contribution < 1.29 is 136 Å². The Hall–Kier alpha value is -2.07. The molecule has 2 amide bonds. The van der Waals surface area contributed by atoms with Crippen molar-refractivity contribution >= 4 is 22.2 Å². The summed E-state index contributed by atoms with van der Waals surface area (Å²) in [5.74, 6) is -1.62. The third kappa shape index (κ3) is 12.6. The van der Waals surface area contributed by atoms with Crippen LogP contribution in [0.15, 0.2) is 0 Å². The zero-order chi connectivity index (χ0) is 48.4. The molecule has 5 aliphatic rings. The molecule has 31 heteroatoms. The molecular formula is C34H58N2O28S. The Bertz CT molecular complexity index is 1670. The first-order chi connectivity index (χ1) is 30.4. The van der Waals surface area contributed by atoms with Gasteiger partial charge in [-0.2, -0.15) is 8.42 Å². The monoisotopic (exact) mass is 974 g/mol. The van der Waals surface area contributed by atoms with E-state index in [1.165, 1.54) is 6.92 Å². The summed E-state index contributed by atoms with van der Waals surface area (Å²) in [6, 6.07) is -3.36. The highest BCUT2D eigenvalue weighted by atomic mass is 32.3. The van der Waals surface area contributed by atoms with Gasteiger partial charge in [0.1, 0.15) is 116 Å². The van der Waals surface area contributed by atoms with Crippen molar-refractivity contribution in [2.75, 3.05) is 26.4 Å². The van der Waals surface area contributed by atoms with Crippen LogP contribution in [0.1, 0.15) is 20.8 Å². The molecule has 5 heterocycles. The first-order valence-corrected chi connectivity index (χ1v) is 21.5. The van der Waals surface area contributed by atoms with Crippen LogP contribution in [0.5, 0.6) is 0 Å². The second-order valence-corrected chi connectivity index (χ2v) is 17.1. The molecule has 0 aromatic rings. The molecule has 30 nitrogen and oxygen atoms in total. The highest BCUT2D eigenvalue weighted by molar-refractivity contribution is 7.80. The number of aliphatic hydroxyl groups excluding tert-OH is 13. The Morgan fingerprint density at radius 3 is 1.55 bits per heavy atom. The predicted molar refractivity (Wildman–Crippen MR) is 199 cm³/mol.